The van der Waals surface area contributed by atoms with Gasteiger partial charge in [-0.05, 0) is 54.5 Å². The Balaban J connectivity index is 1.52. The van der Waals surface area contributed by atoms with Crippen molar-refractivity contribution in [2.45, 2.75) is 20.4 Å². The molecule has 28 heavy (non-hydrogen) atoms. The first-order chi connectivity index (χ1) is 13.4. The minimum absolute atomic E-state index is 0.142. The highest BCUT2D eigenvalue weighted by Crippen LogP contribution is 2.19. The lowest BCUT2D eigenvalue weighted by atomic mass is 10.1. The van der Waals surface area contributed by atoms with Gasteiger partial charge >= 0.3 is 0 Å². The maximum absolute atomic E-state index is 12.1. The average molecular weight is 399 g/mol. The van der Waals surface area contributed by atoms with Crippen LogP contribution in [0.15, 0.2) is 42.5 Å². The maximum atomic E-state index is 12.1. The topological polar surface area (TPSA) is 102 Å². The summed E-state index contributed by atoms with van der Waals surface area (Å²) in [6.07, 6.45) is 0. The molecular weight excluding hydrogens is 380 g/mol. The zero-order valence-corrected chi connectivity index (χ0v) is 16.2. The van der Waals surface area contributed by atoms with Gasteiger partial charge in [-0.15, -0.1) is 10.2 Å². The van der Waals surface area contributed by atoms with Gasteiger partial charge in [0, 0.05) is 16.3 Å². The molecule has 0 atom stereocenters. The number of aryl methyl sites for hydroxylation is 2. The first-order valence-corrected chi connectivity index (χ1v) is 8.96. The molecule has 0 bridgehead atoms. The summed E-state index contributed by atoms with van der Waals surface area (Å²) in [5.41, 5.74) is 3.42. The molecule has 0 aliphatic carbocycles. The molecule has 1 heterocycles. The summed E-state index contributed by atoms with van der Waals surface area (Å²) in [5, 5.41) is 17.9. The van der Waals surface area contributed by atoms with E-state index in [-0.39, 0.29) is 19.0 Å². The van der Waals surface area contributed by atoms with Crippen LogP contribution in [0, 0.1) is 13.8 Å². The van der Waals surface area contributed by atoms with E-state index in [1.54, 1.807) is 24.3 Å². The molecule has 2 aromatic carbocycles. The van der Waals surface area contributed by atoms with Gasteiger partial charge in [0.25, 0.3) is 0 Å². The Kier molecular flexibility index (Phi) is 6.00. The van der Waals surface area contributed by atoms with Gasteiger partial charge in [-0.3, -0.25) is 9.59 Å². The number of rotatable bonds is 6. The van der Waals surface area contributed by atoms with Crippen LogP contribution in [-0.4, -0.2) is 38.6 Å². The SMILES string of the molecule is Cc1cccc(C)c1NC(=O)CNC(=O)Cn1nnc(-c2ccc(Cl)cc2)n1. The fourth-order valence-corrected chi connectivity index (χ4v) is 2.71. The zero-order valence-electron chi connectivity index (χ0n) is 15.4. The predicted octanol–water partition coefficient (Wildman–Crippen LogP) is 2.37. The van der Waals surface area contributed by atoms with Crippen molar-refractivity contribution in [2.24, 2.45) is 0 Å². The van der Waals surface area contributed by atoms with Crippen LogP contribution < -0.4 is 10.6 Å². The van der Waals surface area contributed by atoms with E-state index >= 15 is 0 Å². The van der Waals surface area contributed by atoms with Crippen LogP contribution in [0.3, 0.4) is 0 Å². The van der Waals surface area contributed by atoms with Crippen LogP contribution in [0.4, 0.5) is 5.69 Å². The molecule has 1 aromatic heterocycles. The van der Waals surface area contributed by atoms with Gasteiger partial charge in [0.05, 0.1) is 6.54 Å². The van der Waals surface area contributed by atoms with Crippen LogP contribution >= 0.6 is 11.6 Å². The van der Waals surface area contributed by atoms with Crippen LogP contribution in [-0.2, 0) is 16.1 Å². The molecule has 0 radical (unpaired) electrons. The number of halogens is 1. The van der Waals surface area contributed by atoms with E-state index in [1.807, 2.05) is 32.0 Å². The molecule has 3 rings (SSSR count). The molecule has 8 nitrogen and oxygen atoms in total. The van der Waals surface area contributed by atoms with Gasteiger partial charge in [0.2, 0.25) is 17.6 Å². The highest BCUT2D eigenvalue weighted by Gasteiger charge is 2.12. The monoisotopic (exact) mass is 398 g/mol. The lowest BCUT2D eigenvalue weighted by Crippen LogP contribution is -2.35. The fourth-order valence-electron chi connectivity index (χ4n) is 2.58. The lowest BCUT2D eigenvalue weighted by molar-refractivity contribution is -0.124. The van der Waals surface area contributed by atoms with Gasteiger partial charge in [0.15, 0.2) is 0 Å². The Morgan fingerprint density at radius 3 is 2.39 bits per heavy atom. The van der Waals surface area contributed by atoms with Gasteiger partial charge in [-0.25, -0.2) is 0 Å². The van der Waals surface area contributed by atoms with Gasteiger partial charge in [-0.1, -0.05) is 29.8 Å². The number of nitrogens with one attached hydrogen (secondary N) is 2. The van der Waals surface area contributed by atoms with Crippen molar-refractivity contribution < 1.29 is 9.59 Å². The van der Waals surface area contributed by atoms with E-state index < -0.39 is 5.91 Å². The molecule has 144 valence electrons. The van der Waals surface area contributed by atoms with Crippen LogP contribution in [0.1, 0.15) is 11.1 Å². The third-order valence-electron chi connectivity index (χ3n) is 4.03. The van der Waals surface area contributed by atoms with Crippen LogP contribution in [0.25, 0.3) is 11.4 Å². The Labute approximate surface area is 166 Å². The number of anilines is 1. The summed E-state index contributed by atoms with van der Waals surface area (Å²) in [5.74, 6) is -0.312. The average Bonchev–Trinajstić information content (AvgIpc) is 3.12. The Hall–Kier alpha value is -3.26. The van der Waals surface area contributed by atoms with E-state index in [1.165, 1.54) is 4.80 Å². The van der Waals surface area contributed by atoms with Crippen molar-refractivity contribution in [3.8, 4) is 11.4 Å². The van der Waals surface area contributed by atoms with E-state index in [2.05, 4.69) is 26.0 Å². The molecule has 0 aliphatic rings. The molecule has 2 amide bonds. The molecule has 3 aromatic rings. The van der Waals surface area contributed by atoms with E-state index in [0.29, 0.717) is 10.8 Å². The van der Waals surface area contributed by atoms with Crippen LogP contribution in [0.5, 0.6) is 0 Å². The second kappa shape index (κ2) is 8.62. The summed E-state index contributed by atoms with van der Waals surface area (Å²) < 4.78 is 0. The molecule has 0 saturated heterocycles. The molecule has 0 fully saturated rings. The minimum Gasteiger partial charge on any atom is -0.345 e. The Morgan fingerprint density at radius 1 is 1.04 bits per heavy atom. The zero-order chi connectivity index (χ0) is 20.1. The first-order valence-electron chi connectivity index (χ1n) is 8.59. The lowest BCUT2D eigenvalue weighted by Gasteiger charge is -2.11. The van der Waals surface area contributed by atoms with Crippen molar-refractivity contribution in [2.75, 3.05) is 11.9 Å². The van der Waals surface area contributed by atoms with Crippen molar-refractivity contribution in [3.63, 3.8) is 0 Å². The second-order valence-electron chi connectivity index (χ2n) is 6.24. The number of carbonyl (C=O) groups is 2. The number of carbonyl (C=O) groups excluding carboxylic acids is 2. The molecule has 0 aliphatic heterocycles. The number of amides is 2. The Morgan fingerprint density at radius 2 is 1.71 bits per heavy atom. The third kappa shape index (κ3) is 4.92. The van der Waals surface area contributed by atoms with Crippen molar-refractivity contribution in [3.05, 3.63) is 58.6 Å². The summed E-state index contributed by atoms with van der Waals surface area (Å²) >= 11 is 5.85. The second-order valence-corrected chi connectivity index (χ2v) is 6.68. The number of hydrogen-bond acceptors (Lipinski definition) is 5. The largest absolute Gasteiger partial charge is 0.345 e. The van der Waals surface area contributed by atoms with E-state index in [9.17, 15) is 9.59 Å². The molecular formula is C19H19ClN6O2. The number of nitrogens with zero attached hydrogens (tertiary/aromatic N) is 4. The maximum Gasteiger partial charge on any atom is 0.244 e. The number of para-hydroxylation sites is 1. The quantitative estimate of drug-likeness (QED) is 0.663. The molecule has 0 spiro atoms. The van der Waals surface area contributed by atoms with Crippen molar-refractivity contribution in [1.82, 2.24) is 25.5 Å². The van der Waals surface area contributed by atoms with E-state index in [0.717, 1.165) is 22.4 Å². The number of aromatic nitrogens is 4. The number of hydrogen-bond donors (Lipinski definition) is 2. The van der Waals surface area contributed by atoms with Gasteiger partial charge in [0.1, 0.15) is 6.54 Å². The minimum atomic E-state index is -0.392. The normalized spacial score (nSPS) is 10.5. The molecule has 0 unspecified atom stereocenters. The highest BCUT2D eigenvalue weighted by atomic mass is 35.5. The summed E-state index contributed by atoms with van der Waals surface area (Å²) in [6.45, 7) is 3.54. The molecule has 2 N–H and O–H groups in total. The third-order valence-corrected chi connectivity index (χ3v) is 4.28. The summed E-state index contributed by atoms with van der Waals surface area (Å²) in [4.78, 5) is 25.3. The summed E-state index contributed by atoms with van der Waals surface area (Å²) in [7, 11) is 0. The number of tetrazole rings is 1. The molecule has 9 heteroatoms. The van der Waals surface area contributed by atoms with Crippen molar-refractivity contribution >= 4 is 29.1 Å². The van der Waals surface area contributed by atoms with Gasteiger partial charge in [-0.2, -0.15) is 4.80 Å². The van der Waals surface area contributed by atoms with Gasteiger partial charge < -0.3 is 10.6 Å². The standard InChI is InChI=1S/C19H19ClN6O2/c1-12-4-3-5-13(2)18(12)22-16(27)10-21-17(28)11-26-24-19(23-25-26)14-6-8-15(20)9-7-14/h3-9H,10-11H2,1-2H3,(H,21,28)(H,22,27). The summed E-state index contributed by atoms with van der Waals surface area (Å²) in [6, 6.07) is 12.7. The first kappa shape index (κ1) is 19.5. The smallest absolute Gasteiger partial charge is 0.244 e. The fraction of sp³-hybridized carbons (Fsp3) is 0.211. The van der Waals surface area contributed by atoms with E-state index in [4.69, 9.17) is 11.6 Å². The molecule has 0 saturated carbocycles. The van der Waals surface area contributed by atoms with Crippen LogP contribution in [0.2, 0.25) is 5.02 Å². The van der Waals surface area contributed by atoms with Crippen molar-refractivity contribution in [1.29, 1.82) is 0 Å². The highest BCUT2D eigenvalue weighted by molar-refractivity contribution is 6.30. The Bertz CT molecular complexity index is 980. The number of benzene rings is 2. The predicted molar refractivity (Wildman–Crippen MR) is 106 cm³/mol.